The molecule has 1 unspecified atom stereocenters. The number of hydrogen-bond donors (Lipinski definition) is 2. The van der Waals surface area contributed by atoms with Gasteiger partial charge in [0, 0.05) is 18.1 Å². The Balaban J connectivity index is 2.72. The Bertz CT molecular complexity index is 394. The number of nitrogens with two attached hydrogens (primary N) is 1. The molecule has 0 bridgehead atoms. The first kappa shape index (κ1) is 15.1. The first-order chi connectivity index (χ1) is 8.48. The minimum atomic E-state index is -0.758. The summed E-state index contributed by atoms with van der Waals surface area (Å²) in [5.41, 5.74) is 5.78. The Morgan fingerprint density at radius 3 is 2.56 bits per heavy atom. The van der Waals surface area contributed by atoms with Crippen LogP contribution in [0.2, 0.25) is 0 Å². The molecule has 0 heterocycles. The van der Waals surface area contributed by atoms with E-state index in [4.69, 9.17) is 10.5 Å². The summed E-state index contributed by atoms with van der Waals surface area (Å²) < 4.78 is 5.98. The van der Waals surface area contributed by atoms with Crippen molar-refractivity contribution >= 4 is 21.8 Å². The van der Waals surface area contributed by atoms with Gasteiger partial charge in [-0.25, -0.2) is 0 Å². The van der Waals surface area contributed by atoms with Crippen LogP contribution in [0, 0.1) is 0 Å². The quantitative estimate of drug-likeness (QED) is 0.749. The van der Waals surface area contributed by atoms with E-state index in [0.717, 1.165) is 10.0 Å². The lowest BCUT2D eigenvalue weighted by atomic mass is 9.92. The highest BCUT2D eigenvalue weighted by Crippen LogP contribution is 2.16. The van der Waals surface area contributed by atoms with Crippen LogP contribution in [-0.2, 0) is 16.0 Å². The zero-order chi connectivity index (χ0) is 13.6. The molecule has 0 spiro atoms. The number of rotatable bonds is 7. The molecule has 0 aromatic heterocycles. The van der Waals surface area contributed by atoms with Gasteiger partial charge in [-0.05, 0) is 31.0 Å². The molecule has 0 fully saturated rings. The van der Waals surface area contributed by atoms with Crippen LogP contribution < -0.4 is 11.1 Å². The lowest BCUT2D eigenvalue weighted by molar-refractivity contribution is -0.123. The Morgan fingerprint density at radius 2 is 2.06 bits per heavy atom. The van der Waals surface area contributed by atoms with Crippen LogP contribution in [0.15, 0.2) is 28.7 Å². The van der Waals surface area contributed by atoms with Crippen LogP contribution in [0.3, 0.4) is 0 Å². The normalized spacial score (nSPS) is 14.2. The third kappa shape index (κ3) is 4.40. The molecule has 0 saturated heterocycles. The number of benzene rings is 1. The van der Waals surface area contributed by atoms with Crippen molar-refractivity contribution in [1.82, 2.24) is 5.32 Å². The van der Waals surface area contributed by atoms with E-state index < -0.39 is 5.54 Å². The Kier molecular flexibility index (Phi) is 5.78. The molecule has 0 aliphatic rings. The molecule has 1 aromatic carbocycles. The lowest BCUT2D eigenvalue weighted by Crippen LogP contribution is -2.55. The van der Waals surface area contributed by atoms with E-state index in [2.05, 4.69) is 21.2 Å². The van der Waals surface area contributed by atoms with Gasteiger partial charge >= 0.3 is 0 Å². The minimum absolute atomic E-state index is 0.360. The number of ether oxygens (including phenoxy) is 1. The molecule has 100 valence electrons. The van der Waals surface area contributed by atoms with Gasteiger partial charge in [-0.3, -0.25) is 4.79 Å². The van der Waals surface area contributed by atoms with Gasteiger partial charge in [-0.15, -0.1) is 0 Å². The van der Waals surface area contributed by atoms with Crippen molar-refractivity contribution in [2.24, 2.45) is 5.73 Å². The topological polar surface area (TPSA) is 64.3 Å². The average molecular weight is 315 g/mol. The van der Waals surface area contributed by atoms with Gasteiger partial charge in [0.1, 0.15) is 0 Å². The lowest BCUT2D eigenvalue weighted by Gasteiger charge is -2.27. The number of nitrogens with one attached hydrogen (secondary N) is 1. The second-order valence-electron chi connectivity index (χ2n) is 4.42. The van der Waals surface area contributed by atoms with Gasteiger partial charge < -0.3 is 15.8 Å². The summed E-state index contributed by atoms with van der Waals surface area (Å²) in [6.45, 7) is 2.95. The Hall–Kier alpha value is -0.910. The second kappa shape index (κ2) is 6.87. The Morgan fingerprint density at radius 1 is 1.44 bits per heavy atom. The van der Waals surface area contributed by atoms with Crippen molar-refractivity contribution in [1.29, 1.82) is 0 Å². The van der Waals surface area contributed by atoms with Crippen LogP contribution in [-0.4, -0.2) is 31.7 Å². The summed E-state index contributed by atoms with van der Waals surface area (Å²) in [5.74, 6) is -0.360. The largest absolute Gasteiger partial charge is 0.383 e. The van der Waals surface area contributed by atoms with Gasteiger partial charge in [0.05, 0.1) is 12.1 Å². The van der Waals surface area contributed by atoms with E-state index >= 15 is 0 Å². The van der Waals surface area contributed by atoms with Crippen molar-refractivity contribution in [3.8, 4) is 0 Å². The number of hydrogen-bond acceptors (Lipinski definition) is 3. The number of primary amides is 1. The third-order valence-corrected chi connectivity index (χ3v) is 3.36. The van der Waals surface area contributed by atoms with E-state index in [0.29, 0.717) is 19.6 Å². The molecule has 0 radical (unpaired) electrons. The maximum Gasteiger partial charge on any atom is 0.237 e. The highest BCUT2D eigenvalue weighted by Gasteiger charge is 2.30. The highest BCUT2D eigenvalue weighted by molar-refractivity contribution is 9.10. The number of halogens is 1. The van der Waals surface area contributed by atoms with Gasteiger partial charge in [0.15, 0.2) is 0 Å². The molecule has 0 aliphatic heterocycles. The van der Waals surface area contributed by atoms with Crippen LogP contribution in [0.25, 0.3) is 0 Å². The summed E-state index contributed by atoms with van der Waals surface area (Å²) in [7, 11) is 1.62. The maximum absolute atomic E-state index is 11.6. The van der Waals surface area contributed by atoms with Crippen molar-refractivity contribution in [3.63, 3.8) is 0 Å². The van der Waals surface area contributed by atoms with Crippen molar-refractivity contribution in [3.05, 3.63) is 34.3 Å². The summed E-state index contributed by atoms with van der Waals surface area (Å²) in [5, 5.41) is 3.15. The highest BCUT2D eigenvalue weighted by atomic mass is 79.9. The molecule has 18 heavy (non-hydrogen) atoms. The van der Waals surface area contributed by atoms with Crippen LogP contribution >= 0.6 is 15.9 Å². The van der Waals surface area contributed by atoms with Gasteiger partial charge in [-0.1, -0.05) is 28.1 Å². The molecule has 1 aromatic rings. The molecule has 1 amide bonds. The first-order valence-electron chi connectivity index (χ1n) is 5.76. The first-order valence-corrected chi connectivity index (χ1v) is 6.55. The molecular weight excluding hydrogens is 296 g/mol. The van der Waals surface area contributed by atoms with Crippen molar-refractivity contribution < 1.29 is 9.53 Å². The van der Waals surface area contributed by atoms with Gasteiger partial charge in [0.2, 0.25) is 5.91 Å². The smallest absolute Gasteiger partial charge is 0.237 e. The van der Waals surface area contributed by atoms with E-state index in [-0.39, 0.29) is 5.91 Å². The van der Waals surface area contributed by atoms with E-state index in [1.54, 1.807) is 7.11 Å². The standard InChI is InChI=1S/C13H19BrN2O2/c1-13(12(15)17,16-7-8-18-2)9-10-3-5-11(14)6-4-10/h3-6,16H,7-9H2,1-2H3,(H2,15,17). The second-order valence-corrected chi connectivity index (χ2v) is 5.33. The molecule has 0 saturated carbocycles. The van der Waals surface area contributed by atoms with E-state index in [1.165, 1.54) is 0 Å². The summed E-state index contributed by atoms with van der Waals surface area (Å²) in [6, 6.07) is 7.85. The number of methoxy groups -OCH3 is 1. The van der Waals surface area contributed by atoms with E-state index in [9.17, 15) is 4.79 Å². The number of carbonyl (C=O) groups excluding carboxylic acids is 1. The van der Waals surface area contributed by atoms with Crippen LogP contribution in [0.1, 0.15) is 12.5 Å². The monoisotopic (exact) mass is 314 g/mol. The maximum atomic E-state index is 11.6. The summed E-state index contributed by atoms with van der Waals surface area (Å²) in [4.78, 5) is 11.6. The molecule has 4 nitrogen and oxygen atoms in total. The Labute approximate surface area is 116 Å². The fourth-order valence-electron chi connectivity index (χ4n) is 1.68. The fourth-order valence-corrected chi connectivity index (χ4v) is 1.94. The zero-order valence-electron chi connectivity index (χ0n) is 10.7. The summed E-state index contributed by atoms with van der Waals surface area (Å²) >= 11 is 3.38. The SMILES string of the molecule is COCCNC(C)(Cc1ccc(Br)cc1)C(N)=O. The molecule has 1 rings (SSSR count). The predicted molar refractivity (Wildman–Crippen MR) is 75.3 cm³/mol. The van der Waals surface area contributed by atoms with Gasteiger partial charge in [0.25, 0.3) is 0 Å². The van der Waals surface area contributed by atoms with Crippen LogP contribution in [0.5, 0.6) is 0 Å². The van der Waals surface area contributed by atoms with E-state index in [1.807, 2.05) is 31.2 Å². The number of carbonyl (C=O) groups is 1. The summed E-state index contributed by atoms with van der Waals surface area (Å²) in [6.07, 6.45) is 0.555. The predicted octanol–water partition coefficient (Wildman–Crippen LogP) is 1.47. The molecule has 3 N–H and O–H groups in total. The molecule has 0 aliphatic carbocycles. The molecular formula is C13H19BrN2O2. The average Bonchev–Trinajstić information content (AvgIpc) is 2.32. The zero-order valence-corrected chi connectivity index (χ0v) is 12.3. The molecule has 5 heteroatoms. The van der Waals surface area contributed by atoms with Crippen molar-refractivity contribution in [2.45, 2.75) is 18.9 Å². The molecule has 1 atom stereocenters. The van der Waals surface area contributed by atoms with Gasteiger partial charge in [-0.2, -0.15) is 0 Å². The fraction of sp³-hybridized carbons (Fsp3) is 0.462. The third-order valence-electron chi connectivity index (χ3n) is 2.84. The minimum Gasteiger partial charge on any atom is -0.383 e. The number of amides is 1. The van der Waals surface area contributed by atoms with Crippen molar-refractivity contribution in [2.75, 3.05) is 20.3 Å². The van der Waals surface area contributed by atoms with Crippen LogP contribution in [0.4, 0.5) is 0 Å².